The van der Waals surface area contributed by atoms with E-state index in [1.807, 2.05) is 4.90 Å². The first-order valence-electron chi connectivity index (χ1n) is 10.8. The number of nitrogens with zero attached hydrogens (tertiary/aromatic N) is 3. The van der Waals surface area contributed by atoms with Gasteiger partial charge in [0.05, 0.1) is 0 Å². The average molecular weight is 422 g/mol. The van der Waals surface area contributed by atoms with Crippen LogP contribution in [0.25, 0.3) is 0 Å². The predicted molar refractivity (Wildman–Crippen MR) is 127 cm³/mol. The molecule has 1 saturated heterocycles. The van der Waals surface area contributed by atoms with E-state index < -0.39 is 0 Å². The maximum absolute atomic E-state index is 11.0. The number of carbonyl (C=O) groups excluding carboxylic acids is 1. The van der Waals surface area contributed by atoms with Crippen molar-refractivity contribution >= 4 is 29.3 Å². The van der Waals surface area contributed by atoms with Gasteiger partial charge in [0.1, 0.15) is 4.99 Å². The summed E-state index contributed by atoms with van der Waals surface area (Å²) in [5, 5.41) is 0. The third-order valence-corrected chi connectivity index (χ3v) is 7.06. The van der Waals surface area contributed by atoms with Crippen LogP contribution in [-0.2, 0) is 11.3 Å². The second kappa shape index (κ2) is 8.38. The minimum atomic E-state index is 0.0927. The topological polar surface area (TPSA) is 26.8 Å². The molecule has 5 heteroatoms. The van der Waals surface area contributed by atoms with Gasteiger partial charge in [0.25, 0.3) is 0 Å². The highest BCUT2D eigenvalue weighted by atomic mass is 32.1. The summed E-state index contributed by atoms with van der Waals surface area (Å²) in [6, 6.07) is 17.5. The van der Waals surface area contributed by atoms with Gasteiger partial charge >= 0.3 is 0 Å². The zero-order valence-electron chi connectivity index (χ0n) is 18.2. The van der Waals surface area contributed by atoms with Gasteiger partial charge in [-0.05, 0) is 55.5 Å². The van der Waals surface area contributed by atoms with Crippen molar-refractivity contribution in [2.45, 2.75) is 45.2 Å². The molecule has 0 saturated carbocycles. The monoisotopic (exact) mass is 421 g/mol. The van der Waals surface area contributed by atoms with Gasteiger partial charge < -0.3 is 14.7 Å². The van der Waals surface area contributed by atoms with E-state index in [4.69, 9.17) is 12.2 Å². The molecule has 30 heavy (non-hydrogen) atoms. The molecule has 2 aliphatic rings. The van der Waals surface area contributed by atoms with Gasteiger partial charge in [-0.3, -0.25) is 4.79 Å². The number of hydrogen-bond acceptors (Lipinski definition) is 3. The second-order valence-electron chi connectivity index (χ2n) is 9.20. The number of rotatable bonds is 4. The number of carbonyl (C=O) groups is 1. The van der Waals surface area contributed by atoms with Crippen molar-refractivity contribution < 1.29 is 4.79 Å². The molecule has 1 fully saturated rings. The van der Waals surface area contributed by atoms with Gasteiger partial charge in [-0.25, -0.2) is 0 Å². The molecule has 2 aliphatic heterocycles. The van der Waals surface area contributed by atoms with Crippen LogP contribution in [0.2, 0.25) is 0 Å². The van der Waals surface area contributed by atoms with Gasteiger partial charge in [0.2, 0.25) is 6.41 Å². The molecule has 0 aliphatic carbocycles. The standard InChI is InChI=1S/C25H31N3OS/c1-19-16-25(2,3)28(17-20-7-5-4-6-8-20)23-10-9-21(15-22(19)23)24(30)27-13-11-26(18-29)12-14-27/h4-10,15,18-19H,11-14,16-17H2,1-3H3/t19-/m1/s1. The van der Waals surface area contributed by atoms with Gasteiger partial charge in [-0.1, -0.05) is 49.5 Å². The molecule has 1 amide bonds. The smallest absolute Gasteiger partial charge is 0.209 e. The van der Waals surface area contributed by atoms with Gasteiger partial charge in [0.15, 0.2) is 0 Å². The van der Waals surface area contributed by atoms with Crippen LogP contribution in [0.1, 0.15) is 49.8 Å². The van der Waals surface area contributed by atoms with Crippen molar-refractivity contribution in [3.63, 3.8) is 0 Å². The third kappa shape index (κ3) is 4.08. The Morgan fingerprint density at radius 3 is 2.47 bits per heavy atom. The zero-order chi connectivity index (χ0) is 21.3. The molecule has 158 valence electrons. The number of anilines is 1. The molecule has 0 N–H and O–H groups in total. The molecule has 2 aromatic carbocycles. The molecule has 4 nitrogen and oxygen atoms in total. The lowest BCUT2D eigenvalue weighted by Gasteiger charge is -2.48. The lowest BCUT2D eigenvalue weighted by atomic mass is 9.79. The van der Waals surface area contributed by atoms with E-state index in [1.54, 1.807) is 0 Å². The molecule has 0 aromatic heterocycles. The minimum absolute atomic E-state index is 0.0927. The average Bonchev–Trinajstić information content (AvgIpc) is 2.76. The Morgan fingerprint density at radius 2 is 1.80 bits per heavy atom. The molecule has 0 unspecified atom stereocenters. The summed E-state index contributed by atoms with van der Waals surface area (Å²) in [6.45, 7) is 11.0. The molecule has 4 rings (SSSR count). The summed E-state index contributed by atoms with van der Waals surface area (Å²) in [5.74, 6) is 0.483. The van der Waals surface area contributed by atoms with Gasteiger partial charge in [-0.15, -0.1) is 0 Å². The molecule has 1 atom stereocenters. The van der Waals surface area contributed by atoms with Gasteiger partial charge in [-0.2, -0.15) is 0 Å². The van der Waals surface area contributed by atoms with Crippen molar-refractivity contribution in [3.8, 4) is 0 Å². The van der Waals surface area contributed by atoms with E-state index >= 15 is 0 Å². The molecule has 2 heterocycles. The van der Waals surface area contributed by atoms with E-state index in [9.17, 15) is 4.79 Å². The van der Waals surface area contributed by atoms with Crippen molar-refractivity contribution in [1.82, 2.24) is 9.80 Å². The molecular formula is C25H31N3OS. The van der Waals surface area contributed by atoms with Crippen LogP contribution in [-0.4, -0.2) is 52.9 Å². The summed E-state index contributed by atoms with van der Waals surface area (Å²) in [5.41, 5.74) is 5.25. The van der Waals surface area contributed by atoms with E-state index in [1.165, 1.54) is 16.8 Å². The minimum Gasteiger partial charge on any atom is -0.362 e. The molecule has 2 aromatic rings. The number of fused-ring (bicyclic) bond motifs is 1. The highest BCUT2D eigenvalue weighted by Gasteiger charge is 2.36. The van der Waals surface area contributed by atoms with Crippen LogP contribution in [0.5, 0.6) is 0 Å². The summed E-state index contributed by atoms with van der Waals surface area (Å²) in [4.78, 5) is 18.5. The van der Waals surface area contributed by atoms with Crippen molar-refractivity contribution in [1.29, 1.82) is 0 Å². The van der Waals surface area contributed by atoms with E-state index in [2.05, 4.69) is 79.1 Å². The molecule has 0 spiro atoms. The van der Waals surface area contributed by atoms with E-state index in [0.717, 1.165) is 56.1 Å². The first kappa shape index (κ1) is 20.9. The summed E-state index contributed by atoms with van der Waals surface area (Å²) in [7, 11) is 0. The van der Waals surface area contributed by atoms with Crippen LogP contribution in [0.15, 0.2) is 48.5 Å². The maximum atomic E-state index is 11.0. The van der Waals surface area contributed by atoms with Crippen LogP contribution in [0, 0.1) is 0 Å². The molecule has 0 radical (unpaired) electrons. The Morgan fingerprint density at radius 1 is 1.10 bits per heavy atom. The third-order valence-electron chi connectivity index (χ3n) is 6.57. The number of thiocarbonyl (C=S) groups is 1. The quantitative estimate of drug-likeness (QED) is 0.539. The van der Waals surface area contributed by atoms with Crippen molar-refractivity contribution in [2.75, 3.05) is 31.1 Å². The SMILES string of the molecule is C[C@@H]1CC(C)(C)N(Cc2ccccc2)c2ccc(C(=S)N3CCN(C=O)CC3)cc21. The Hall–Kier alpha value is -2.40. The fourth-order valence-corrected chi connectivity index (χ4v) is 5.21. The number of piperazine rings is 1. The first-order chi connectivity index (χ1) is 14.4. The maximum Gasteiger partial charge on any atom is 0.209 e. The highest BCUT2D eigenvalue weighted by Crippen LogP contribution is 2.44. The van der Waals surface area contributed by atoms with Crippen LogP contribution in [0.3, 0.4) is 0 Å². The summed E-state index contributed by atoms with van der Waals surface area (Å²) >= 11 is 5.84. The highest BCUT2D eigenvalue weighted by molar-refractivity contribution is 7.80. The first-order valence-corrected chi connectivity index (χ1v) is 11.2. The molecular weight excluding hydrogens is 390 g/mol. The summed E-state index contributed by atoms with van der Waals surface area (Å²) < 4.78 is 0. The summed E-state index contributed by atoms with van der Waals surface area (Å²) in [6.07, 6.45) is 2.05. The lowest BCUT2D eigenvalue weighted by Crippen LogP contribution is -2.48. The van der Waals surface area contributed by atoms with E-state index in [-0.39, 0.29) is 5.54 Å². The largest absolute Gasteiger partial charge is 0.362 e. The number of hydrogen-bond donors (Lipinski definition) is 0. The van der Waals surface area contributed by atoms with Crippen LogP contribution in [0.4, 0.5) is 5.69 Å². The normalized spacial score (nSPS) is 20.6. The number of amides is 1. The Labute approximate surface area is 185 Å². The van der Waals surface area contributed by atoms with Gasteiger partial charge in [0, 0.05) is 49.5 Å². The fraction of sp³-hybridized carbons (Fsp3) is 0.440. The second-order valence-corrected chi connectivity index (χ2v) is 9.58. The van der Waals surface area contributed by atoms with Crippen LogP contribution < -0.4 is 4.90 Å². The Bertz CT molecular complexity index is 919. The lowest BCUT2D eigenvalue weighted by molar-refractivity contribution is -0.119. The molecule has 0 bridgehead atoms. The Balaban J connectivity index is 1.61. The fourth-order valence-electron chi connectivity index (χ4n) is 4.90. The zero-order valence-corrected chi connectivity index (χ0v) is 19.0. The van der Waals surface area contributed by atoms with Crippen molar-refractivity contribution in [2.24, 2.45) is 0 Å². The van der Waals surface area contributed by atoms with Crippen LogP contribution >= 0.6 is 12.2 Å². The Kier molecular flexibility index (Phi) is 5.83. The number of benzene rings is 2. The van der Waals surface area contributed by atoms with E-state index in [0.29, 0.717) is 5.92 Å². The van der Waals surface area contributed by atoms with Crippen molar-refractivity contribution in [3.05, 3.63) is 65.2 Å². The predicted octanol–water partition coefficient (Wildman–Crippen LogP) is 4.43.